The molecule has 69 heavy (non-hydrogen) atoms. The van der Waals surface area contributed by atoms with Crippen molar-refractivity contribution < 1.29 is 28.6 Å². The van der Waals surface area contributed by atoms with Crippen LogP contribution >= 0.6 is 0 Å². The van der Waals surface area contributed by atoms with Gasteiger partial charge in [-0.3, -0.25) is 14.4 Å². The molecule has 0 bridgehead atoms. The Labute approximate surface area is 427 Å². The third kappa shape index (κ3) is 55.6. The van der Waals surface area contributed by atoms with Gasteiger partial charge in [0.2, 0.25) is 0 Å². The van der Waals surface area contributed by atoms with Gasteiger partial charge >= 0.3 is 17.9 Å². The second-order valence-electron chi connectivity index (χ2n) is 19.5. The topological polar surface area (TPSA) is 78.9 Å². The van der Waals surface area contributed by atoms with Crippen LogP contribution in [-0.2, 0) is 28.6 Å². The van der Waals surface area contributed by atoms with Crippen LogP contribution in [0.25, 0.3) is 0 Å². The Bertz CT molecular complexity index is 1290. The number of esters is 3. The van der Waals surface area contributed by atoms with Crippen molar-refractivity contribution in [1.29, 1.82) is 0 Å². The van der Waals surface area contributed by atoms with Gasteiger partial charge in [0.15, 0.2) is 6.10 Å². The molecule has 0 N–H and O–H groups in total. The van der Waals surface area contributed by atoms with Gasteiger partial charge in [-0.25, -0.2) is 0 Å². The quantitative estimate of drug-likeness (QED) is 0.0262. The molecule has 0 saturated heterocycles. The predicted molar refractivity (Wildman–Crippen MR) is 298 cm³/mol. The Kier molecular flexibility index (Phi) is 54.8. The molecule has 0 amide bonds. The van der Waals surface area contributed by atoms with Crippen LogP contribution in [0.3, 0.4) is 0 Å². The number of hydrogen-bond donors (Lipinski definition) is 0. The summed E-state index contributed by atoms with van der Waals surface area (Å²) < 4.78 is 16.9. The molecule has 0 aromatic rings. The molecule has 0 spiro atoms. The number of hydrogen-bond acceptors (Lipinski definition) is 6. The Morgan fingerprint density at radius 3 is 0.899 bits per heavy atom. The van der Waals surface area contributed by atoms with Gasteiger partial charge in [-0.15, -0.1) is 0 Å². The SMILES string of the molecule is CC/C=C\C/C=C\C/C=C\C/C=C\CCCCCCC(=O)OC(COC(=O)CCCCCCC/C=C\CCCCCCCC)COC(=O)CCCCCCCCCCC/C=C\CCCCCCCC. The summed E-state index contributed by atoms with van der Waals surface area (Å²) in [4.78, 5) is 38.2. The fourth-order valence-electron chi connectivity index (χ4n) is 8.25. The first-order valence-electron chi connectivity index (χ1n) is 29.4. The van der Waals surface area contributed by atoms with E-state index in [1.54, 1.807) is 0 Å². The summed E-state index contributed by atoms with van der Waals surface area (Å²) in [5.74, 6) is -0.914. The van der Waals surface area contributed by atoms with Crippen molar-refractivity contribution in [2.75, 3.05) is 13.2 Å². The highest BCUT2D eigenvalue weighted by atomic mass is 16.6. The molecule has 6 nitrogen and oxygen atoms in total. The fraction of sp³-hybridized carbons (Fsp3) is 0.762. The van der Waals surface area contributed by atoms with Crippen LogP contribution in [0.1, 0.15) is 290 Å². The third-order valence-electron chi connectivity index (χ3n) is 12.7. The zero-order chi connectivity index (χ0) is 50.0. The number of carbonyl (C=O) groups excluding carboxylic acids is 3. The smallest absolute Gasteiger partial charge is 0.306 e. The standard InChI is InChI=1S/C63H110O6/c1-4-7-10-13-16-19-22-25-28-30-31-33-35-38-41-44-47-50-53-56-62(65)68-59-60(58-67-61(64)55-52-49-46-43-40-37-34-27-24-21-18-15-12-9-6-3)69-63(66)57-54-51-48-45-42-39-36-32-29-26-23-20-17-14-11-8-5-2/h8,11,17,20,25-29,34,36,39,60H,4-7,9-10,12-16,18-19,21-24,30-33,35,37-38,40-59H2,1-3H3/b11-8-,20-17-,28-25-,29-26-,34-27-,39-36-. The predicted octanol–water partition coefficient (Wildman–Crippen LogP) is 19.8. The van der Waals surface area contributed by atoms with E-state index >= 15 is 0 Å². The average Bonchev–Trinajstić information content (AvgIpc) is 3.35. The van der Waals surface area contributed by atoms with Gasteiger partial charge in [0, 0.05) is 19.3 Å². The Morgan fingerprint density at radius 2 is 0.565 bits per heavy atom. The summed E-state index contributed by atoms with van der Waals surface area (Å²) in [6, 6.07) is 0. The lowest BCUT2D eigenvalue weighted by atomic mass is 10.1. The van der Waals surface area contributed by atoms with E-state index in [0.29, 0.717) is 19.3 Å². The Hall–Kier alpha value is -3.15. The molecule has 398 valence electrons. The van der Waals surface area contributed by atoms with Crippen LogP contribution in [-0.4, -0.2) is 37.2 Å². The zero-order valence-corrected chi connectivity index (χ0v) is 45.6. The summed E-state index contributed by atoms with van der Waals surface area (Å²) in [5, 5.41) is 0. The molecule has 0 radical (unpaired) electrons. The summed E-state index contributed by atoms with van der Waals surface area (Å²) in [6.45, 7) is 6.51. The molecular weight excluding hydrogens is 853 g/mol. The third-order valence-corrected chi connectivity index (χ3v) is 12.7. The second-order valence-corrected chi connectivity index (χ2v) is 19.5. The van der Waals surface area contributed by atoms with E-state index in [2.05, 4.69) is 93.7 Å². The molecule has 0 aromatic carbocycles. The van der Waals surface area contributed by atoms with Crippen LogP contribution in [0.5, 0.6) is 0 Å². The molecule has 0 heterocycles. The average molecular weight is 964 g/mol. The van der Waals surface area contributed by atoms with Crippen LogP contribution in [0.4, 0.5) is 0 Å². The summed E-state index contributed by atoms with van der Waals surface area (Å²) >= 11 is 0. The molecule has 0 aliphatic heterocycles. The van der Waals surface area contributed by atoms with Crippen molar-refractivity contribution >= 4 is 17.9 Å². The van der Waals surface area contributed by atoms with Gasteiger partial charge in [0.05, 0.1) is 0 Å². The monoisotopic (exact) mass is 963 g/mol. The zero-order valence-electron chi connectivity index (χ0n) is 45.6. The van der Waals surface area contributed by atoms with E-state index in [9.17, 15) is 14.4 Å². The highest BCUT2D eigenvalue weighted by Crippen LogP contribution is 2.15. The van der Waals surface area contributed by atoms with Gasteiger partial charge in [0.1, 0.15) is 13.2 Å². The van der Waals surface area contributed by atoms with Crippen molar-refractivity contribution in [3.63, 3.8) is 0 Å². The van der Waals surface area contributed by atoms with Gasteiger partial charge in [0.25, 0.3) is 0 Å². The molecule has 6 heteroatoms. The lowest BCUT2D eigenvalue weighted by Gasteiger charge is -2.18. The van der Waals surface area contributed by atoms with E-state index < -0.39 is 6.10 Å². The number of allylic oxidation sites excluding steroid dienone is 12. The van der Waals surface area contributed by atoms with E-state index in [-0.39, 0.29) is 31.1 Å². The van der Waals surface area contributed by atoms with Crippen molar-refractivity contribution in [3.05, 3.63) is 72.9 Å². The Balaban J connectivity index is 4.41. The fourth-order valence-corrected chi connectivity index (χ4v) is 8.25. The maximum absolute atomic E-state index is 12.9. The molecule has 0 rings (SSSR count). The van der Waals surface area contributed by atoms with Crippen LogP contribution in [0.15, 0.2) is 72.9 Å². The summed E-state index contributed by atoms with van der Waals surface area (Å²) in [7, 11) is 0. The minimum absolute atomic E-state index is 0.0883. The van der Waals surface area contributed by atoms with E-state index in [1.165, 1.54) is 148 Å². The normalized spacial score (nSPS) is 12.6. The van der Waals surface area contributed by atoms with E-state index in [1.807, 2.05) is 0 Å². The highest BCUT2D eigenvalue weighted by Gasteiger charge is 2.19. The van der Waals surface area contributed by atoms with Gasteiger partial charge in [-0.05, 0) is 109 Å². The first kappa shape index (κ1) is 65.8. The highest BCUT2D eigenvalue weighted by molar-refractivity contribution is 5.71. The summed E-state index contributed by atoms with van der Waals surface area (Å²) in [5.41, 5.74) is 0. The minimum atomic E-state index is -0.793. The van der Waals surface area contributed by atoms with Crippen molar-refractivity contribution in [3.8, 4) is 0 Å². The molecule has 1 atom stereocenters. The molecule has 0 aromatic heterocycles. The molecule has 0 aliphatic rings. The molecule has 0 aliphatic carbocycles. The number of unbranched alkanes of at least 4 members (excludes halogenated alkanes) is 30. The second kappa shape index (κ2) is 57.4. The first-order chi connectivity index (χ1) is 34.0. The number of carbonyl (C=O) groups is 3. The maximum atomic E-state index is 12.9. The van der Waals surface area contributed by atoms with Crippen LogP contribution < -0.4 is 0 Å². The minimum Gasteiger partial charge on any atom is -0.462 e. The number of rotatable bonds is 53. The molecule has 1 unspecified atom stereocenters. The van der Waals surface area contributed by atoms with Crippen molar-refractivity contribution in [2.45, 2.75) is 297 Å². The van der Waals surface area contributed by atoms with Crippen molar-refractivity contribution in [2.24, 2.45) is 0 Å². The lowest BCUT2D eigenvalue weighted by Crippen LogP contribution is -2.30. The molecule has 0 fully saturated rings. The maximum Gasteiger partial charge on any atom is 0.306 e. The largest absolute Gasteiger partial charge is 0.462 e. The van der Waals surface area contributed by atoms with E-state index in [0.717, 1.165) is 103 Å². The van der Waals surface area contributed by atoms with Gasteiger partial charge in [-0.2, -0.15) is 0 Å². The van der Waals surface area contributed by atoms with Gasteiger partial charge < -0.3 is 14.2 Å². The van der Waals surface area contributed by atoms with Crippen LogP contribution in [0, 0.1) is 0 Å². The van der Waals surface area contributed by atoms with Gasteiger partial charge in [-0.1, -0.05) is 235 Å². The first-order valence-corrected chi connectivity index (χ1v) is 29.4. The molecular formula is C63H110O6. The summed E-state index contributed by atoms with van der Waals surface area (Å²) in [6.07, 6.45) is 73.2. The Morgan fingerprint density at radius 1 is 0.304 bits per heavy atom. The van der Waals surface area contributed by atoms with E-state index in [4.69, 9.17) is 14.2 Å². The number of ether oxygens (including phenoxy) is 3. The molecule has 0 saturated carbocycles. The lowest BCUT2D eigenvalue weighted by molar-refractivity contribution is -0.167. The van der Waals surface area contributed by atoms with Crippen molar-refractivity contribution in [1.82, 2.24) is 0 Å². The van der Waals surface area contributed by atoms with Crippen LogP contribution in [0.2, 0.25) is 0 Å².